The third kappa shape index (κ3) is 2.51. The number of carbonyl (C=O) groups is 1. The summed E-state index contributed by atoms with van der Waals surface area (Å²) in [5, 5.41) is 12.7. The Bertz CT molecular complexity index is 684. The molecular formula is C14H11Cl2NO2S. The van der Waals surface area contributed by atoms with Crippen molar-refractivity contribution in [1.29, 1.82) is 0 Å². The average Bonchev–Trinajstić information content (AvgIpc) is 2.92. The van der Waals surface area contributed by atoms with Gasteiger partial charge < -0.3 is 10.4 Å². The number of hydrogen-bond acceptors (Lipinski definition) is 3. The van der Waals surface area contributed by atoms with Crippen LogP contribution in [0.3, 0.4) is 0 Å². The minimum atomic E-state index is -1.02. The van der Waals surface area contributed by atoms with E-state index in [1.807, 2.05) is 6.07 Å². The number of thiophene rings is 1. The third-order valence-electron chi connectivity index (χ3n) is 3.38. The van der Waals surface area contributed by atoms with Gasteiger partial charge in [0.2, 0.25) is 0 Å². The molecule has 3 nitrogen and oxygen atoms in total. The Labute approximate surface area is 130 Å². The van der Waals surface area contributed by atoms with E-state index in [-0.39, 0.29) is 16.6 Å². The summed E-state index contributed by atoms with van der Waals surface area (Å²) in [6, 6.07) is 7.12. The molecule has 0 saturated carbocycles. The molecule has 0 radical (unpaired) electrons. The number of hydrogen-bond donors (Lipinski definition) is 2. The van der Waals surface area contributed by atoms with Gasteiger partial charge in [-0.05, 0) is 42.7 Å². The van der Waals surface area contributed by atoms with E-state index in [4.69, 9.17) is 28.3 Å². The van der Waals surface area contributed by atoms with Gasteiger partial charge in [0, 0.05) is 10.6 Å². The molecule has 1 unspecified atom stereocenters. The number of rotatable bonds is 3. The van der Waals surface area contributed by atoms with Gasteiger partial charge in [0.25, 0.3) is 0 Å². The minimum Gasteiger partial charge on any atom is -0.478 e. The van der Waals surface area contributed by atoms with E-state index in [9.17, 15) is 4.79 Å². The Hall–Kier alpha value is -1.23. The number of aryl methyl sites for hydroxylation is 1. The zero-order valence-corrected chi connectivity index (χ0v) is 12.6. The van der Waals surface area contributed by atoms with Crippen molar-refractivity contribution >= 4 is 46.2 Å². The lowest BCUT2D eigenvalue weighted by atomic mass is 10.1. The molecular weight excluding hydrogens is 317 g/mol. The molecule has 104 valence electrons. The first-order valence-corrected chi connectivity index (χ1v) is 7.69. The van der Waals surface area contributed by atoms with Crippen molar-refractivity contribution in [2.24, 2.45) is 0 Å². The lowest BCUT2D eigenvalue weighted by molar-refractivity contribution is 0.0697. The van der Waals surface area contributed by atoms with Gasteiger partial charge in [-0.15, -0.1) is 11.3 Å². The van der Waals surface area contributed by atoms with Crippen LogP contribution < -0.4 is 5.32 Å². The van der Waals surface area contributed by atoms with Crippen molar-refractivity contribution in [2.45, 2.75) is 18.9 Å². The summed E-state index contributed by atoms with van der Waals surface area (Å²) in [4.78, 5) is 12.4. The lowest BCUT2D eigenvalue weighted by Gasteiger charge is -2.15. The van der Waals surface area contributed by atoms with E-state index >= 15 is 0 Å². The fourth-order valence-electron chi connectivity index (χ4n) is 2.46. The Kier molecular flexibility index (Phi) is 3.63. The highest BCUT2D eigenvalue weighted by Gasteiger charge is 2.25. The predicted molar refractivity (Wildman–Crippen MR) is 82.4 cm³/mol. The van der Waals surface area contributed by atoms with Crippen molar-refractivity contribution in [1.82, 2.24) is 0 Å². The van der Waals surface area contributed by atoms with Crippen LogP contribution in [0.5, 0.6) is 0 Å². The summed E-state index contributed by atoms with van der Waals surface area (Å²) in [6.07, 6.45) is 1.99. The topological polar surface area (TPSA) is 49.3 Å². The molecule has 1 aliphatic rings. The monoisotopic (exact) mass is 327 g/mol. The minimum absolute atomic E-state index is 0.109. The molecule has 1 aliphatic carbocycles. The van der Waals surface area contributed by atoms with Gasteiger partial charge in [0.15, 0.2) is 0 Å². The zero-order chi connectivity index (χ0) is 14.3. The van der Waals surface area contributed by atoms with E-state index in [0.717, 1.165) is 22.9 Å². The molecule has 2 aromatic rings. The largest absolute Gasteiger partial charge is 0.478 e. The van der Waals surface area contributed by atoms with Crippen molar-refractivity contribution in [2.75, 3.05) is 5.32 Å². The second-order valence-electron chi connectivity index (χ2n) is 4.66. The van der Waals surface area contributed by atoms with Crippen LogP contribution in [0.25, 0.3) is 0 Å². The van der Waals surface area contributed by atoms with Crippen LogP contribution in [0.15, 0.2) is 24.3 Å². The number of carboxylic acid groups (broad SMARTS) is 1. The van der Waals surface area contributed by atoms with Crippen molar-refractivity contribution in [3.63, 3.8) is 0 Å². The van der Waals surface area contributed by atoms with E-state index in [2.05, 4.69) is 5.32 Å². The number of fused-ring (bicyclic) bond motifs is 1. The molecule has 20 heavy (non-hydrogen) atoms. The first-order valence-electron chi connectivity index (χ1n) is 6.12. The molecule has 1 heterocycles. The SMILES string of the molecule is O=C(O)c1cc(NC2CCc3sc(Cl)cc32)ccc1Cl. The highest BCUT2D eigenvalue weighted by atomic mass is 35.5. The van der Waals surface area contributed by atoms with Gasteiger partial charge in [-0.2, -0.15) is 0 Å². The van der Waals surface area contributed by atoms with E-state index in [1.165, 1.54) is 10.4 Å². The van der Waals surface area contributed by atoms with E-state index in [1.54, 1.807) is 29.5 Å². The van der Waals surface area contributed by atoms with E-state index in [0.29, 0.717) is 0 Å². The Morgan fingerprint density at radius 1 is 1.35 bits per heavy atom. The molecule has 0 aliphatic heterocycles. The summed E-state index contributed by atoms with van der Waals surface area (Å²) in [7, 11) is 0. The van der Waals surface area contributed by atoms with Crippen LogP contribution in [0.4, 0.5) is 5.69 Å². The molecule has 1 atom stereocenters. The molecule has 0 fully saturated rings. The second kappa shape index (κ2) is 5.28. The van der Waals surface area contributed by atoms with Gasteiger partial charge in [-0.25, -0.2) is 4.79 Å². The molecule has 1 aromatic carbocycles. The van der Waals surface area contributed by atoms with Gasteiger partial charge in [0.05, 0.1) is 21.0 Å². The van der Waals surface area contributed by atoms with Crippen molar-refractivity contribution in [3.8, 4) is 0 Å². The maximum absolute atomic E-state index is 11.1. The first kappa shape index (κ1) is 13.7. The summed E-state index contributed by atoms with van der Waals surface area (Å²) < 4.78 is 0.795. The number of carboxylic acids is 1. The smallest absolute Gasteiger partial charge is 0.337 e. The molecule has 6 heteroatoms. The quantitative estimate of drug-likeness (QED) is 0.846. The van der Waals surface area contributed by atoms with Crippen molar-refractivity contribution in [3.05, 3.63) is 49.6 Å². The lowest BCUT2D eigenvalue weighted by Crippen LogP contribution is -2.08. The summed E-state index contributed by atoms with van der Waals surface area (Å²) in [5.41, 5.74) is 2.08. The van der Waals surface area contributed by atoms with Crippen LogP contribution in [0.2, 0.25) is 9.36 Å². The highest BCUT2D eigenvalue weighted by molar-refractivity contribution is 7.16. The molecule has 0 bridgehead atoms. The van der Waals surface area contributed by atoms with Gasteiger partial charge in [0.1, 0.15) is 0 Å². The number of halogens is 2. The molecule has 0 spiro atoms. The molecule has 0 amide bonds. The maximum Gasteiger partial charge on any atom is 0.337 e. The average molecular weight is 328 g/mol. The Balaban J connectivity index is 1.86. The van der Waals surface area contributed by atoms with Gasteiger partial charge in [-0.1, -0.05) is 23.2 Å². The van der Waals surface area contributed by atoms with Gasteiger partial charge >= 0.3 is 5.97 Å². The van der Waals surface area contributed by atoms with Gasteiger partial charge in [-0.3, -0.25) is 0 Å². The van der Waals surface area contributed by atoms with Crippen LogP contribution in [-0.2, 0) is 6.42 Å². The molecule has 1 aromatic heterocycles. The molecule has 0 saturated heterocycles. The normalized spacial score (nSPS) is 17.0. The zero-order valence-electron chi connectivity index (χ0n) is 10.3. The molecule has 2 N–H and O–H groups in total. The second-order valence-corrected chi connectivity index (χ2v) is 6.84. The summed E-state index contributed by atoms with van der Waals surface area (Å²) >= 11 is 13.5. The number of benzene rings is 1. The summed E-state index contributed by atoms with van der Waals surface area (Å²) in [5.74, 6) is -1.02. The predicted octanol–water partition coefficient (Wildman–Crippen LogP) is 4.85. The summed E-state index contributed by atoms with van der Waals surface area (Å²) in [6.45, 7) is 0. The van der Waals surface area contributed by atoms with Crippen LogP contribution >= 0.6 is 34.5 Å². The standard InChI is InChI=1S/C14H11Cl2NO2S/c15-10-2-1-7(5-8(10)14(18)19)17-11-3-4-12-9(11)6-13(16)20-12/h1-2,5-6,11,17H,3-4H2,(H,18,19). The fourth-order valence-corrected chi connectivity index (χ4v) is 4.02. The Morgan fingerprint density at radius 2 is 2.15 bits per heavy atom. The van der Waals surface area contributed by atoms with Crippen LogP contribution in [-0.4, -0.2) is 11.1 Å². The fraction of sp³-hybridized carbons (Fsp3) is 0.214. The third-order valence-corrected chi connectivity index (χ3v) is 5.05. The number of anilines is 1. The van der Waals surface area contributed by atoms with Crippen LogP contribution in [0, 0.1) is 0 Å². The van der Waals surface area contributed by atoms with Crippen molar-refractivity contribution < 1.29 is 9.90 Å². The first-order chi connectivity index (χ1) is 9.54. The Morgan fingerprint density at radius 3 is 2.90 bits per heavy atom. The molecule has 3 rings (SSSR count). The van der Waals surface area contributed by atoms with Crippen LogP contribution in [0.1, 0.15) is 33.3 Å². The number of aromatic carboxylic acids is 1. The number of nitrogens with one attached hydrogen (secondary N) is 1. The highest BCUT2D eigenvalue weighted by Crippen LogP contribution is 2.41. The van der Waals surface area contributed by atoms with E-state index < -0.39 is 5.97 Å². The maximum atomic E-state index is 11.1.